The van der Waals surface area contributed by atoms with E-state index in [0.29, 0.717) is 21.1 Å². The molecule has 0 atom stereocenters. The molecule has 1 aromatic carbocycles. The Morgan fingerprint density at radius 2 is 1.62 bits per heavy atom. The molecule has 2 aromatic heterocycles. The van der Waals surface area contributed by atoms with Gasteiger partial charge in [0.15, 0.2) is 0 Å². The van der Waals surface area contributed by atoms with Gasteiger partial charge < -0.3 is 0 Å². The second-order valence-corrected chi connectivity index (χ2v) is 6.83. The molecule has 0 spiro atoms. The fourth-order valence-corrected chi connectivity index (χ4v) is 3.72. The molecule has 2 amide bonds. The van der Waals surface area contributed by atoms with Gasteiger partial charge in [0, 0.05) is 5.56 Å². The fraction of sp³-hybridized carbons (Fsp3) is 0.125. The van der Waals surface area contributed by atoms with Gasteiger partial charge in [-0.2, -0.15) is 0 Å². The van der Waals surface area contributed by atoms with E-state index < -0.39 is 0 Å². The topological polar surface area (TPSA) is 84.0 Å². The summed E-state index contributed by atoms with van der Waals surface area (Å²) in [6, 6.07) is 9.64. The first-order valence-electron chi connectivity index (χ1n) is 7.10. The average molecular weight is 358 g/mol. The van der Waals surface area contributed by atoms with Crippen LogP contribution in [0.3, 0.4) is 0 Å². The maximum Gasteiger partial charge on any atom is 0.281 e. The molecule has 2 N–H and O–H groups in total. The van der Waals surface area contributed by atoms with Gasteiger partial charge in [0.2, 0.25) is 0 Å². The lowest BCUT2D eigenvalue weighted by Crippen LogP contribution is -2.41. The number of thiazole rings is 2. The minimum absolute atomic E-state index is 0.381. The van der Waals surface area contributed by atoms with Gasteiger partial charge in [-0.1, -0.05) is 30.3 Å². The van der Waals surface area contributed by atoms with Crippen molar-refractivity contribution in [1.29, 1.82) is 0 Å². The minimum Gasteiger partial charge on any atom is -0.266 e. The summed E-state index contributed by atoms with van der Waals surface area (Å²) in [5.41, 5.74) is 8.64. The first-order valence-corrected chi connectivity index (χ1v) is 8.79. The summed E-state index contributed by atoms with van der Waals surface area (Å²) in [7, 11) is 0. The summed E-state index contributed by atoms with van der Waals surface area (Å²) >= 11 is 2.51. The zero-order valence-electron chi connectivity index (χ0n) is 13.0. The molecular weight excluding hydrogens is 344 g/mol. The van der Waals surface area contributed by atoms with E-state index in [-0.39, 0.29) is 11.8 Å². The number of aromatic nitrogens is 2. The molecule has 0 aliphatic heterocycles. The van der Waals surface area contributed by atoms with Crippen LogP contribution in [0.1, 0.15) is 30.7 Å². The van der Waals surface area contributed by atoms with Gasteiger partial charge in [-0.25, -0.2) is 9.97 Å². The van der Waals surface area contributed by atoms with Gasteiger partial charge in [0.05, 0.1) is 16.9 Å². The number of nitrogens with zero attached hydrogens (tertiary/aromatic N) is 2. The molecule has 122 valence electrons. The van der Waals surface area contributed by atoms with E-state index in [9.17, 15) is 9.59 Å². The van der Waals surface area contributed by atoms with Crippen LogP contribution in [0, 0.1) is 13.8 Å². The highest BCUT2D eigenvalue weighted by Gasteiger charge is 2.18. The van der Waals surface area contributed by atoms with Gasteiger partial charge in [-0.05, 0) is 13.8 Å². The highest BCUT2D eigenvalue weighted by atomic mass is 32.1. The maximum atomic E-state index is 12.3. The zero-order chi connectivity index (χ0) is 17.1. The van der Waals surface area contributed by atoms with Gasteiger partial charge in [-0.3, -0.25) is 20.4 Å². The lowest BCUT2D eigenvalue weighted by Gasteiger charge is -2.05. The second kappa shape index (κ2) is 6.90. The first-order chi connectivity index (χ1) is 11.6. The van der Waals surface area contributed by atoms with Crippen LogP contribution >= 0.6 is 22.7 Å². The SMILES string of the molecule is Cc1ncsc1C(=O)NNC(=O)c1sc(-c2ccccc2)nc1C. The van der Waals surface area contributed by atoms with E-state index in [1.54, 1.807) is 19.4 Å². The first kappa shape index (κ1) is 16.3. The Morgan fingerprint density at radius 1 is 0.958 bits per heavy atom. The third-order valence-corrected chi connectivity index (χ3v) is 5.40. The number of carbonyl (C=O) groups is 2. The maximum absolute atomic E-state index is 12.3. The van der Waals surface area contributed by atoms with E-state index in [4.69, 9.17) is 0 Å². The molecule has 0 fully saturated rings. The number of hydrogen-bond donors (Lipinski definition) is 2. The van der Waals surface area contributed by atoms with Crippen LogP contribution in [-0.4, -0.2) is 21.8 Å². The fourth-order valence-electron chi connectivity index (χ4n) is 2.06. The Morgan fingerprint density at radius 3 is 2.25 bits per heavy atom. The molecule has 6 nitrogen and oxygen atoms in total. The summed E-state index contributed by atoms with van der Waals surface area (Å²) in [6.07, 6.45) is 0. The molecule has 3 rings (SSSR count). The minimum atomic E-state index is -0.386. The number of hydrogen-bond acceptors (Lipinski definition) is 6. The molecule has 3 aromatic rings. The summed E-state index contributed by atoms with van der Waals surface area (Å²) in [6.45, 7) is 3.51. The lowest BCUT2D eigenvalue weighted by atomic mass is 10.2. The third-order valence-electron chi connectivity index (χ3n) is 3.26. The molecule has 0 aliphatic carbocycles. The van der Waals surface area contributed by atoms with Crippen LogP contribution in [0.4, 0.5) is 0 Å². The standard InChI is InChI=1S/C16H14N4O2S2/c1-9-12(23-8-17-9)14(21)19-20-15(22)13-10(2)18-16(24-13)11-6-4-3-5-7-11/h3-8H,1-2H3,(H,19,21)(H,20,22). The van der Waals surface area contributed by atoms with E-state index in [0.717, 1.165) is 10.6 Å². The van der Waals surface area contributed by atoms with Crippen molar-refractivity contribution in [3.63, 3.8) is 0 Å². The average Bonchev–Trinajstić information content (AvgIpc) is 3.19. The Labute approximate surface area is 146 Å². The van der Waals surface area contributed by atoms with Crippen molar-refractivity contribution in [2.75, 3.05) is 0 Å². The molecule has 0 radical (unpaired) electrons. The quantitative estimate of drug-likeness (QED) is 0.705. The van der Waals surface area contributed by atoms with Crippen LogP contribution in [0.15, 0.2) is 35.8 Å². The van der Waals surface area contributed by atoms with Crippen molar-refractivity contribution in [1.82, 2.24) is 20.8 Å². The molecule has 0 saturated heterocycles. The number of aryl methyl sites for hydroxylation is 2. The normalized spacial score (nSPS) is 10.4. The molecule has 2 heterocycles. The van der Waals surface area contributed by atoms with E-state index in [1.165, 1.54) is 22.7 Å². The summed E-state index contributed by atoms with van der Waals surface area (Å²) in [5, 5.41) is 0.767. The van der Waals surface area contributed by atoms with E-state index in [2.05, 4.69) is 20.8 Å². The number of rotatable bonds is 3. The van der Waals surface area contributed by atoms with Crippen LogP contribution in [0.25, 0.3) is 10.6 Å². The predicted molar refractivity (Wildman–Crippen MR) is 94.1 cm³/mol. The summed E-state index contributed by atoms with van der Waals surface area (Å²) in [4.78, 5) is 33.7. The predicted octanol–water partition coefficient (Wildman–Crippen LogP) is 2.96. The molecule has 0 aliphatic rings. The van der Waals surface area contributed by atoms with Gasteiger partial charge in [0.25, 0.3) is 11.8 Å². The number of amides is 2. The second-order valence-electron chi connectivity index (χ2n) is 4.97. The van der Waals surface area contributed by atoms with Crippen LogP contribution in [-0.2, 0) is 0 Å². The number of benzene rings is 1. The molecule has 0 saturated carbocycles. The lowest BCUT2D eigenvalue weighted by molar-refractivity contribution is 0.0850. The highest BCUT2D eigenvalue weighted by molar-refractivity contribution is 7.17. The Balaban J connectivity index is 1.71. The van der Waals surface area contributed by atoms with Crippen LogP contribution in [0.2, 0.25) is 0 Å². The van der Waals surface area contributed by atoms with Crippen molar-refractivity contribution in [2.24, 2.45) is 0 Å². The molecule has 0 unspecified atom stereocenters. The largest absolute Gasteiger partial charge is 0.281 e. The van der Waals surface area contributed by atoms with Gasteiger partial charge in [0.1, 0.15) is 14.8 Å². The molecule has 8 heteroatoms. The number of hydrazine groups is 1. The highest BCUT2D eigenvalue weighted by Crippen LogP contribution is 2.27. The van der Waals surface area contributed by atoms with Gasteiger partial charge >= 0.3 is 0 Å². The van der Waals surface area contributed by atoms with Crippen LogP contribution < -0.4 is 10.9 Å². The van der Waals surface area contributed by atoms with Crippen molar-refractivity contribution in [3.05, 3.63) is 57.0 Å². The van der Waals surface area contributed by atoms with Crippen molar-refractivity contribution >= 4 is 34.5 Å². The van der Waals surface area contributed by atoms with Crippen molar-refractivity contribution < 1.29 is 9.59 Å². The Bertz CT molecular complexity index is 887. The molecule has 24 heavy (non-hydrogen) atoms. The smallest absolute Gasteiger partial charge is 0.266 e. The third kappa shape index (κ3) is 3.34. The summed E-state index contributed by atoms with van der Waals surface area (Å²) < 4.78 is 0. The number of nitrogens with one attached hydrogen (secondary N) is 2. The Kier molecular flexibility index (Phi) is 4.68. The van der Waals surface area contributed by atoms with Crippen molar-refractivity contribution in [2.45, 2.75) is 13.8 Å². The molecular formula is C16H14N4O2S2. The zero-order valence-corrected chi connectivity index (χ0v) is 14.6. The number of carbonyl (C=O) groups excluding carboxylic acids is 2. The Hall–Kier alpha value is -2.58. The van der Waals surface area contributed by atoms with E-state index in [1.807, 2.05) is 30.3 Å². The van der Waals surface area contributed by atoms with Crippen molar-refractivity contribution in [3.8, 4) is 10.6 Å². The monoisotopic (exact) mass is 358 g/mol. The summed E-state index contributed by atoms with van der Waals surface area (Å²) in [5.74, 6) is -0.767. The van der Waals surface area contributed by atoms with Crippen LogP contribution in [0.5, 0.6) is 0 Å². The van der Waals surface area contributed by atoms with E-state index >= 15 is 0 Å². The van der Waals surface area contributed by atoms with Gasteiger partial charge in [-0.15, -0.1) is 22.7 Å². The molecule has 0 bridgehead atoms.